The molecule has 1 saturated heterocycles. The predicted molar refractivity (Wildman–Crippen MR) is 100 cm³/mol. The molecular weight excluding hydrogens is 354 g/mol. The fourth-order valence-electron chi connectivity index (χ4n) is 3.27. The monoisotopic (exact) mass is 375 g/mol. The Hall–Kier alpha value is -2.40. The number of carbonyl (C=O) groups excluding carboxylic acids is 1. The van der Waals surface area contributed by atoms with E-state index in [9.17, 15) is 4.79 Å². The zero-order chi connectivity index (χ0) is 18.5. The zero-order valence-corrected chi connectivity index (χ0v) is 15.7. The average Bonchev–Trinajstić information content (AvgIpc) is 3.15. The SMILES string of the molecule is COc1ccc(OC)c([C@H]2CCCN2C(=O)COc2cccc(Cl)c2)c1. The number of hydrogen-bond acceptors (Lipinski definition) is 4. The average molecular weight is 376 g/mol. The number of hydrogen-bond donors (Lipinski definition) is 0. The fourth-order valence-corrected chi connectivity index (χ4v) is 3.45. The van der Waals surface area contributed by atoms with Crippen LogP contribution >= 0.6 is 11.6 Å². The van der Waals surface area contributed by atoms with Crippen molar-refractivity contribution in [2.45, 2.75) is 18.9 Å². The maximum absolute atomic E-state index is 12.7. The number of likely N-dealkylation sites (tertiary alicyclic amines) is 1. The van der Waals surface area contributed by atoms with Crippen LogP contribution in [0, 0.1) is 0 Å². The van der Waals surface area contributed by atoms with Crippen LogP contribution in [-0.4, -0.2) is 38.2 Å². The van der Waals surface area contributed by atoms with Crippen LogP contribution in [-0.2, 0) is 4.79 Å². The largest absolute Gasteiger partial charge is 0.497 e. The van der Waals surface area contributed by atoms with E-state index in [0.29, 0.717) is 17.3 Å². The summed E-state index contributed by atoms with van der Waals surface area (Å²) in [6, 6.07) is 12.7. The summed E-state index contributed by atoms with van der Waals surface area (Å²) in [7, 11) is 3.26. The van der Waals surface area contributed by atoms with Crippen molar-refractivity contribution in [1.29, 1.82) is 0 Å². The standard InChI is InChI=1S/C20H22ClNO4/c1-24-15-8-9-19(25-2)17(12-15)18-7-4-10-22(18)20(23)13-26-16-6-3-5-14(21)11-16/h3,5-6,8-9,11-12,18H,4,7,10,13H2,1-2H3/t18-/m1/s1. The Labute approximate surface area is 158 Å². The minimum absolute atomic E-state index is 0.0247. The molecule has 2 aromatic carbocycles. The number of benzene rings is 2. The first kappa shape index (κ1) is 18.4. The Morgan fingerprint density at radius 1 is 1.15 bits per heavy atom. The van der Waals surface area contributed by atoms with Gasteiger partial charge in [0.05, 0.1) is 20.3 Å². The van der Waals surface area contributed by atoms with Crippen molar-refractivity contribution in [3.8, 4) is 17.2 Å². The topological polar surface area (TPSA) is 48.0 Å². The van der Waals surface area contributed by atoms with E-state index in [0.717, 1.165) is 29.9 Å². The van der Waals surface area contributed by atoms with E-state index in [2.05, 4.69) is 0 Å². The predicted octanol–water partition coefficient (Wildman–Crippen LogP) is 4.10. The summed E-state index contributed by atoms with van der Waals surface area (Å²) < 4.78 is 16.4. The lowest BCUT2D eigenvalue weighted by Crippen LogP contribution is -2.34. The second-order valence-corrected chi connectivity index (χ2v) is 6.54. The molecule has 1 heterocycles. The lowest BCUT2D eigenvalue weighted by molar-refractivity contribution is -0.134. The molecule has 1 atom stereocenters. The molecule has 0 radical (unpaired) electrons. The molecule has 138 valence electrons. The third-order valence-corrected chi connectivity index (χ3v) is 4.76. The zero-order valence-electron chi connectivity index (χ0n) is 14.9. The maximum Gasteiger partial charge on any atom is 0.261 e. The lowest BCUT2D eigenvalue weighted by atomic mass is 10.0. The number of carbonyl (C=O) groups is 1. The highest BCUT2D eigenvalue weighted by Crippen LogP contribution is 2.39. The Kier molecular flexibility index (Phi) is 5.89. The fraction of sp³-hybridized carbons (Fsp3) is 0.350. The third kappa shape index (κ3) is 4.05. The summed E-state index contributed by atoms with van der Waals surface area (Å²) >= 11 is 5.95. The van der Waals surface area contributed by atoms with Crippen molar-refractivity contribution >= 4 is 17.5 Å². The van der Waals surface area contributed by atoms with Crippen molar-refractivity contribution in [3.63, 3.8) is 0 Å². The molecule has 0 saturated carbocycles. The van der Waals surface area contributed by atoms with Crippen LogP contribution < -0.4 is 14.2 Å². The normalized spacial score (nSPS) is 16.4. The van der Waals surface area contributed by atoms with E-state index in [1.165, 1.54) is 0 Å². The molecule has 0 bridgehead atoms. The summed E-state index contributed by atoms with van der Waals surface area (Å²) in [5, 5.41) is 0.579. The van der Waals surface area contributed by atoms with Crippen LogP contribution in [0.4, 0.5) is 0 Å². The summed E-state index contributed by atoms with van der Waals surface area (Å²) in [5.74, 6) is 2.03. The van der Waals surface area contributed by atoms with E-state index >= 15 is 0 Å². The third-order valence-electron chi connectivity index (χ3n) is 4.53. The number of rotatable bonds is 6. The quantitative estimate of drug-likeness (QED) is 0.762. The number of ether oxygens (including phenoxy) is 3. The minimum atomic E-state index is -0.0580. The number of nitrogens with zero attached hydrogens (tertiary/aromatic N) is 1. The molecule has 0 aromatic heterocycles. The summed E-state index contributed by atoms with van der Waals surface area (Å²) in [5.41, 5.74) is 0.959. The molecule has 1 amide bonds. The molecule has 0 N–H and O–H groups in total. The van der Waals surface area contributed by atoms with Gasteiger partial charge in [-0.05, 0) is 49.2 Å². The van der Waals surface area contributed by atoms with Gasteiger partial charge in [-0.2, -0.15) is 0 Å². The van der Waals surface area contributed by atoms with Crippen LogP contribution in [0.2, 0.25) is 5.02 Å². The highest BCUT2D eigenvalue weighted by Gasteiger charge is 2.32. The molecule has 1 aliphatic heterocycles. The van der Waals surface area contributed by atoms with Crippen LogP contribution in [0.5, 0.6) is 17.2 Å². The van der Waals surface area contributed by atoms with Crippen LogP contribution in [0.25, 0.3) is 0 Å². The van der Waals surface area contributed by atoms with Crippen molar-refractivity contribution < 1.29 is 19.0 Å². The van der Waals surface area contributed by atoms with Gasteiger partial charge < -0.3 is 19.1 Å². The molecule has 3 rings (SSSR count). The molecule has 1 fully saturated rings. The van der Waals surface area contributed by atoms with Gasteiger partial charge in [-0.3, -0.25) is 4.79 Å². The number of amides is 1. The smallest absolute Gasteiger partial charge is 0.261 e. The van der Waals surface area contributed by atoms with E-state index in [4.69, 9.17) is 25.8 Å². The van der Waals surface area contributed by atoms with E-state index < -0.39 is 0 Å². The van der Waals surface area contributed by atoms with Crippen LogP contribution in [0.1, 0.15) is 24.4 Å². The lowest BCUT2D eigenvalue weighted by Gasteiger charge is -2.26. The van der Waals surface area contributed by atoms with Gasteiger partial charge in [-0.15, -0.1) is 0 Å². The molecule has 0 spiro atoms. The van der Waals surface area contributed by atoms with Gasteiger partial charge in [-0.25, -0.2) is 0 Å². The minimum Gasteiger partial charge on any atom is -0.497 e. The Balaban J connectivity index is 1.74. The van der Waals surface area contributed by atoms with Crippen molar-refractivity contribution in [3.05, 3.63) is 53.1 Å². The van der Waals surface area contributed by atoms with E-state index in [-0.39, 0.29) is 18.6 Å². The molecule has 6 heteroatoms. The molecule has 0 aliphatic carbocycles. The van der Waals surface area contributed by atoms with Crippen LogP contribution in [0.15, 0.2) is 42.5 Å². The number of halogens is 1. The van der Waals surface area contributed by atoms with Gasteiger partial charge in [0.2, 0.25) is 0 Å². The van der Waals surface area contributed by atoms with Crippen LogP contribution in [0.3, 0.4) is 0 Å². The van der Waals surface area contributed by atoms with Crippen molar-refractivity contribution in [2.75, 3.05) is 27.4 Å². The van der Waals surface area contributed by atoms with Crippen molar-refractivity contribution in [1.82, 2.24) is 4.90 Å². The Morgan fingerprint density at radius 2 is 2.00 bits per heavy atom. The van der Waals surface area contributed by atoms with Gasteiger partial charge in [-0.1, -0.05) is 17.7 Å². The van der Waals surface area contributed by atoms with Gasteiger partial charge in [0.15, 0.2) is 6.61 Å². The van der Waals surface area contributed by atoms with E-state index in [1.807, 2.05) is 23.1 Å². The van der Waals surface area contributed by atoms with E-state index in [1.54, 1.807) is 38.5 Å². The Morgan fingerprint density at radius 3 is 2.73 bits per heavy atom. The van der Waals surface area contributed by atoms with Crippen molar-refractivity contribution in [2.24, 2.45) is 0 Å². The van der Waals surface area contributed by atoms with Gasteiger partial charge in [0.1, 0.15) is 17.2 Å². The molecular formula is C20H22ClNO4. The van der Waals surface area contributed by atoms with Gasteiger partial charge in [0.25, 0.3) is 5.91 Å². The number of methoxy groups -OCH3 is 2. The molecule has 5 nitrogen and oxygen atoms in total. The highest BCUT2D eigenvalue weighted by molar-refractivity contribution is 6.30. The first-order valence-corrected chi connectivity index (χ1v) is 8.90. The van der Waals surface area contributed by atoms with Gasteiger partial charge in [0, 0.05) is 17.1 Å². The molecule has 1 aliphatic rings. The van der Waals surface area contributed by atoms with Gasteiger partial charge >= 0.3 is 0 Å². The second kappa shape index (κ2) is 8.32. The summed E-state index contributed by atoms with van der Waals surface area (Å²) in [6.07, 6.45) is 1.82. The Bertz CT molecular complexity index is 780. The summed E-state index contributed by atoms with van der Waals surface area (Å²) in [6.45, 7) is 0.673. The summed E-state index contributed by atoms with van der Waals surface area (Å²) in [4.78, 5) is 14.6. The first-order chi connectivity index (χ1) is 12.6. The molecule has 26 heavy (non-hydrogen) atoms. The second-order valence-electron chi connectivity index (χ2n) is 6.10. The molecule has 0 unspecified atom stereocenters. The highest BCUT2D eigenvalue weighted by atomic mass is 35.5. The maximum atomic E-state index is 12.7. The molecule has 2 aromatic rings. The first-order valence-electron chi connectivity index (χ1n) is 8.52.